The summed E-state index contributed by atoms with van der Waals surface area (Å²) >= 11 is 0. The first-order valence-electron chi connectivity index (χ1n) is 12.0. The fourth-order valence-electron chi connectivity index (χ4n) is 5.52. The van der Waals surface area contributed by atoms with E-state index in [4.69, 9.17) is 4.74 Å². The van der Waals surface area contributed by atoms with Gasteiger partial charge in [-0.1, -0.05) is 0 Å². The number of amides is 1. The van der Waals surface area contributed by atoms with Crippen LogP contribution in [0.3, 0.4) is 0 Å². The van der Waals surface area contributed by atoms with Crippen molar-refractivity contribution in [3.63, 3.8) is 0 Å². The minimum absolute atomic E-state index is 0.0480. The summed E-state index contributed by atoms with van der Waals surface area (Å²) in [4.78, 5) is 20.4. The average molecular weight is 534 g/mol. The number of fused-ring (bicyclic) bond motifs is 1. The molecule has 3 aromatic rings. The van der Waals surface area contributed by atoms with E-state index in [2.05, 4.69) is 35.5 Å². The number of alkyl carbamates (subject to hydrolysis) is 1. The molecule has 15 heteroatoms. The van der Waals surface area contributed by atoms with Crippen LogP contribution >= 0.6 is 0 Å². The van der Waals surface area contributed by atoms with E-state index in [-0.39, 0.29) is 34.2 Å². The van der Waals surface area contributed by atoms with E-state index in [1.165, 1.54) is 16.8 Å². The first-order chi connectivity index (χ1) is 18.1. The molecule has 7 rings (SSSR count). The standard InChI is InChI=1S/C23H22F4N8O3/c24-18-14(1-2-16(18)38-21(36)32-22-4-11(5-22)6-22)15-3-17(34-33-15)31-20-29-8-12(7-28)19-30-13(9-35(19)20)10-37-23(25,26)27/h3,8-9,11,14,16,18H,1-2,4-6,10H2,(H,32,36)(H2,29,31,33,34)/t11?,14-,16-,18+,22?/m1/s1. The number of rotatable bonds is 7. The molecule has 200 valence electrons. The molecule has 0 spiro atoms. The average Bonchev–Trinajstić information content (AvgIpc) is 3.53. The van der Waals surface area contributed by atoms with Crippen LogP contribution in [0.1, 0.15) is 55.0 Å². The second-order valence-electron chi connectivity index (χ2n) is 10.1. The van der Waals surface area contributed by atoms with Crippen molar-refractivity contribution in [1.82, 2.24) is 29.9 Å². The Hall–Kier alpha value is -3.93. The number of H-pyrrole nitrogens is 1. The summed E-state index contributed by atoms with van der Waals surface area (Å²) in [7, 11) is 0. The SMILES string of the molecule is N#Cc1cnc(Nc2cc([C@H]3CC[C@@H](OC(=O)NC45CC(C4)C5)[C@H]3F)[nH]n2)n2cc(COC(F)(F)F)nc12. The van der Waals surface area contributed by atoms with Gasteiger partial charge in [0, 0.05) is 29.4 Å². The van der Waals surface area contributed by atoms with Gasteiger partial charge >= 0.3 is 12.5 Å². The third-order valence-corrected chi connectivity index (χ3v) is 7.45. The number of imidazole rings is 1. The second-order valence-corrected chi connectivity index (χ2v) is 10.1. The predicted octanol–water partition coefficient (Wildman–Crippen LogP) is 3.97. The van der Waals surface area contributed by atoms with E-state index >= 15 is 4.39 Å². The summed E-state index contributed by atoms with van der Waals surface area (Å²) in [6.45, 7) is -0.843. The molecule has 4 fully saturated rings. The van der Waals surface area contributed by atoms with Crippen molar-refractivity contribution < 1.29 is 31.8 Å². The molecule has 3 heterocycles. The Morgan fingerprint density at radius 3 is 2.79 bits per heavy atom. The van der Waals surface area contributed by atoms with Gasteiger partial charge in [-0.15, -0.1) is 13.2 Å². The maximum absolute atomic E-state index is 15.2. The van der Waals surface area contributed by atoms with E-state index in [0.717, 1.165) is 19.3 Å². The quantitative estimate of drug-likeness (QED) is 0.387. The van der Waals surface area contributed by atoms with Gasteiger partial charge < -0.3 is 15.4 Å². The van der Waals surface area contributed by atoms with E-state index in [1.807, 2.05) is 6.07 Å². The number of alkyl halides is 4. The molecule has 38 heavy (non-hydrogen) atoms. The lowest BCUT2D eigenvalue weighted by atomic mass is 9.50. The molecule has 3 N–H and O–H groups in total. The molecule has 2 bridgehead atoms. The Kier molecular flexibility index (Phi) is 5.67. The predicted molar refractivity (Wildman–Crippen MR) is 121 cm³/mol. The number of nitrogens with zero attached hydrogens (tertiary/aromatic N) is 5. The number of carbonyl (C=O) groups is 1. The van der Waals surface area contributed by atoms with Gasteiger partial charge in [0.2, 0.25) is 5.95 Å². The van der Waals surface area contributed by atoms with Crippen LogP contribution in [0.2, 0.25) is 0 Å². The van der Waals surface area contributed by atoms with Gasteiger partial charge in [0.15, 0.2) is 11.5 Å². The Labute approximate surface area is 212 Å². The largest absolute Gasteiger partial charge is 0.522 e. The van der Waals surface area contributed by atoms with Gasteiger partial charge in [-0.3, -0.25) is 14.2 Å². The molecule has 0 unspecified atom stereocenters. The molecule has 3 aromatic heterocycles. The van der Waals surface area contributed by atoms with Crippen molar-refractivity contribution in [3.05, 3.63) is 35.4 Å². The molecule has 4 aliphatic rings. The zero-order valence-electron chi connectivity index (χ0n) is 19.8. The lowest BCUT2D eigenvalue weighted by Gasteiger charge is -2.61. The Morgan fingerprint density at radius 2 is 2.11 bits per heavy atom. The Morgan fingerprint density at radius 1 is 1.32 bits per heavy atom. The molecule has 4 aliphatic carbocycles. The Bertz CT molecular complexity index is 1410. The van der Waals surface area contributed by atoms with Crippen molar-refractivity contribution in [2.24, 2.45) is 5.92 Å². The molecule has 0 aromatic carbocycles. The fraction of sp³-hybridized carbons (Fsp3) is 0.522. The minimum Gasteiger partial charge on any atom is -0.443 e. The summed E-state index contributed by atoms with van der Waals surface area (Å²) in [6.07, 6.45) is -1.54. The number of nitriles is 1. The molecular weight excluding hydrogens is 512 g/mol. The third kappa shape index (κ3) is 4.49. The number of aromatic amines is 1. The topological polar surface area (TPSA) is 142 Å². The first-order valence-corrected chi connectivity index (χ1v) is 12.0. The third-order valence-electron chi connectivity index (χ3n) is 7.45. The molecule has 1 amide bonds. The van der Waals surface area contributed by atoms with Crippen LogP contribution in [0.5, 0.6) is 0 Å². The summed E-state index contributed by atoms with van der Waals surface area (Å²) in [6, 6.07) is 3.47. The lowest BCUT2D eigenvalue weighted by Crippen LogP contribution is -2.68. The van der Waals surface area contributed by atoms with Crippen molar-refractivity contribution in [2.75, 3.05) is 5.32 Å². The first kappa shape index (κ1) is 24.4. The smallest absolute Gasteiger partial charge is 0.443 e. The fourth-order valence-corrected chi connectivity index (χ4v) is 5.52. The molecule has 4 saturated carbocycles. The van der Waals surface area contributed by atoms with Gasteiger partial charge in [0.05, 0.1) is 18.5 Å². The van der Waals surface area contributed by atoms with Gasteiger partial charge in [0.25, 0.3) is 0 Å². The number of nitrogens with one attached hydrogen (secondary N) is 3. The highest BCUT2D eigenvalue weighted by Crippen LogP contribution is 2.57. The van der Waals surface area contributed by atoms with Gasteiger partial charge in [-0.2, -0.15) is 10.4 Å². The summed E-state index contributed by atoms with van der Waals surface area (Å²) in [5, 5.41) is 22.0. The normalized spacial score (nSPS) is 27.9. The highest BCUT2D eigenvalue weighted by atomic mass is 19.4. The van der Waals surface area contributed by atoms with Crippen molar-refractivity contribution in [1.29, 1.82) is 5.26 Å². The monoisotopic (exact) mass is 534 g/mol. The highest BCUT2D eigenvalue weighted by molar-refractivity contribution is 5.69. The van der Waals surface area contributed by atoms with Crippen LogP contribution in [-0.4, -0.2) is 54.8 Å². The minimum atomic E-state index is -4.84. The second kappa shape index (κ2) is 8.83. The van der Waals surface area contributed by atoms with E-state index in [1.54, 1.807) is 6.07 Å². The summed E-state index contributed by atoms with van der Waals surface area (Å²) in [5.41, 5.74) is 0.403. The van der Waals surface area contributed by atoms with Crippen molar-refractivity contribution >= 4 is 23.5 Å². The zero-order chi connectivity index (χ0) is 26.7. The maximum atomic E-state index is 15.2. The summed E-state index contributed by atoms with van der Waals surface area (Å²) in [5.74, 6) is 0.507. The number of hydrogen-bond acceptors (Lipinski definition) is 8. The Balaban J connectivity index is 1.13. The number of hydrogen-bond donors (Lipinski definition) is 3. The van der Waals surface area contributed by atoms with Crippen molar-refractivity contribution in [3.8, 4) is 6.07 Å². The van der Waals surface area contributed by atoms with Crippen molar-refractivity contribution in [2.45, 2.75) is 68.8 Å². The molecule has 3 atom stereocenters. The van der Waals surface area contributed by atoms with Gasteiger partial charge in [0.1, 0.15) is 23.9 Å². The van der Waals surface area contributed by atoms with Crippen LogP contribution in [0.25, 0.3) is 5.65 Å². The molecule has 0 saturated heterocycles. The number of aromatic nitrogens is 5. The van der Waals surface area contributed by atoms with Crippen LogP contribution in [0.4, 0.5) is 34.1 Å². The van der Waals surface area contributed by atoms with Crippen LogP contribution in [0, 0.1) is 17.2 Å². The number of carbonyl (C=O) groups excluding carboxylic acids is 1. The van der Waals surface area contributed by atoms with Crippen LogP contribution < -0.4 is 10.6 Å². The molecule has 0 aliphatic heterocycles. The van der Waals surface area contributed by atoms with Crippen LogP contribution in [-0.2, 0) is 16.1 Å². The zero-order valence-corrected chi connectivity index (χ0v) is 19.8. The summed E-state index contributed by atoms with van der Waals surface area (Å²) < 4.78 is 63.0. The number of halogens is 4. The lowest BCUT2D eigenvalue weighted by molar-refractivity contribution is -0.330. The van der Waals surface area contributed by atoms with E-state index in [9.17, 15) is 23.2 Å². The molecule has 0 radical (unpaired) electrons. The molecule has 11 nitrogen and oxygen atoms in total. The van der Waals surface area contributed by atoms with E-state index in [0.29, 0.717) is 24.5 Å². The van der Waals surface area contributed by atoms with Gasteiger partial charge in [-0.25, -0.2) is 19.2 Å². The number of anilines is 2. The van der Waals surface area contributed by atoms with Gasteiger partial charge in [-0.05, 0) is 38.0 Å². The van der Waals surface area contributed by atoms with Crippen LogP contribution in [0.15, 0.2) is 18.5 Å². The molecular formula is C23H22F4N8O3. The van der Waals surface area contributed by atoms with E-state index < -0.39 is 37.3 Å². The highest BCUT2D eigenvalue weighted by Gasteiger charge is 2.58. The number of ether oxygens (including phenoxy) is 2. The maximum Gasteiger partial charge on any atom is 0.522 e.